The van der Waals surface area contributed by atoms with Crippen LogP contribution in [-0.2, 0) is 4.79 Å². The quantitative estimate of drug-likeness (QED) is 0.872. The van der Waals surface area contributed by atoms with E-state index in [2.05, 4.69) is 5.32 Å². The lowest BCUT2D eigenvalue weighted by Crippen LogP contribution is -2.29. The average Bonchev–Trinajstić information content (AvgIpc) is 2.71. The fraction of sp³-hybridized carbons (Fsp3) is 0.133. The highest BCUT2D eigenvalue weighted by atomic mass is 16.2. The van der Waals surface area contributed by atoms with Gasteiger partial charge >= 0.3 is 0 Å². The van der Waals surface area contributed by atoms with Crippen LogP contribution in [-0.4, -0.2) is 13.0 Å². The van der Waals surface area contributed by atoms with Crippen molar-refractivity contribution in [2.45, 2.75) is 6.04 Å². The van der Waals surface area contributed by atoms with Crippen molar-refractivity contribution in [3.8, 4) is 0 Å². The molecule has 0 fully saturated rings. The van der Waals surface area contributed by atoms with Gasteiger partial charge in [0.25, 0.3) is 5.91 Å². The highest BCUT2D eigenvalue weighted by Gasteiger charge is 2.36. The number of benzene rings is 2. The molecule has 1 aliphatic heterocycles. The maximum Gasteiger partial charge on any atom is 0.253 e. The summed E-state index contributed by atoms with van der Waals surface area (Å²) in [6.45, 7) is 0. The third-order valence-corrected chi connectivity index (χ3v) is 3.26. The second-order valence-corrected chi connectivity index (χ2v) is 4.29. The molecule has 0 aliphatic carbocycles. The molecule has 1 N–H and O–H groups in total. The van der Waals surface area contributed by atoms with Gasteiger partial charge in [-0.05, 0) is 25.2 Å². The minimum absolute atomic E-state index is 0.0740. The van der Waals surface area contributed by atoms with E-state index in [9.17, 15) is 4.79 Å². The molecule has 0 radical (unpaired) electrons. The summed E-state index contributed by atoms with van der Waals surface area (Å²) in [4.78, 5) is 14.2. The molecule has 90 valence electrons. The third-order valence-electron chi connectivity index (χ3n) is 3.26. The number of para-hydroxylation sites is 2. The number of fused-ring (bicyclic) bond motifs is 1. The molecule has 1 amide bonds. The van der Waals surface area contributed by atoms with E-state index in [0.717, 1.165) is 16.9 Å². The van der Waals surface area contributed by atoms with Crippen molar-refractivity contribution in [3.63, 3.8) is 0 Å². The number of hydrogen-bond acceptors (Lipinski definition) is 2. The summed E-state index contributed by atoms with van der Waals surface area (Å²) < 4.78 is 0. The normalized spacial score (nSPS) is 17.9. The van der Waals surface area contributed by atoms with Crippen molar-refractivity contribution in [2.75, 3.05) is 11.9 Å². The molecular formula is C15H14N2O. The van der Waals surface area contributed by atoms with Crippen molar-refractivity contribution in [1.29, 1.82) is 0 Å². The third kappa shape index (κ3) is 1.52. The summed E-state index contributed by atoms with van der Waals surface area (Å²) in [6.07, 6.45) is 0. The summed E-state index contributed by atoms with van der Waals surface area (Å²) in [5, 5.41) is 3.08. The second kappa shape index (κ2) is 4.27. The topological polar surface area (TPSA) is 32.3 Å². The van der Waals surface area contributed by atoms with Gasteiger partial charge < -0.3 is 5.32 Å². The van der Waals surface area contributed by atoms with Gasteiger partial charge in [0.05, 0.1) is 5.69 Å². The van der Waals surface area contributed by atoms with Gasteiger partial charge in [-0.25, -0.2) is 0 Å². The van der Waals surface area contributed by atoms with Crippen LogP contribution in [0.15, 0.2) is 54.6 Å². The van der Waals surface area contributed by atoms with Gasteiger partial charge in [0.15, 0.2) is 0 Å². The van der Waals surface area contributed by atoms with Crippen LogP contribution in [0, 0.1) is 0 Å². The van der Waals surface area contributed by atoms with E-state index in [1.54, 1.807) is 4.90 Å². The number of anilines is 2. The largest absolute Gasteiger partial charge is 0.305 e. The summed E-state index contributed by atoms with van der Waals surface area (Å²) in [5.74, 6) is 0.0740. The number of nitrogens with zero attached hydrogens (tertiary/aromatic N) is 1. The molecule has 0 bridgehead atoms. The zero-order valence-electron chi connectivity index (χ0n) is 10.1. The lowest BCUT2D eigenvalue weighted by atomic mass is 10.1. The Morgan fingerprint density at radius 2 is 1.67 bits per heavy atom. The number of carbonyl (C=O) groups excluding carboxylic acids is 1. The predicted octanol–water partition coefficient (Wildman–Crippen LogP) is 2.63. The first kappa shape index (κ1) is 11.0. The Balaban J connectivity index is 2.15. The van der Waals surface area contributed by atoms with Crippen molar-refractivity contribution >= 4 is 17.3 Å². The van der Waals surface area contributed by atoms with Gasteiger partial charge in [-0.3, -0.25) is 9.69 Å². The number of carbonyl (C=O) groups is 1. The lowest BCUT2D eigenvalue weighted by Gasteiger charge is -2.17. The molecule has 3 heteroatoms. The molecule has 1 heterocycles. The molecule has 0 aromatic heterocycles. The van der Waals surface area contributed by atoms with Crippen LogP contribution in [0.4, 0.5) is 11.4 Å². The van der Waals surface area contributed by atoms with E-state index in [-0.39, 0.29) is 11.9 Å². The first-order valence-corrected chi connectivity index (χ1v) is 5.98. The Morgan fingerprint density at radius 1 is 1.00 bits per heavy atom. The molecule has 3 rings (SSSR count). The Labute approximate surface area is 106 Å². The van der Waals surface area contributed by atoms with Gasteiger partial charge in [-0.15, -0.1) is 0 Å². The zero-order chi connectivity index (χ0) is 12.5. The van der Waals surface area contributed by atoms with E-state index in [1.807, 2.05) is 61.6 Å². The molecule has 2 aromatic rings. The van der Waals surface area contributed by atoms with Crippen molar-refractivity contribution in [1.82, 2.24) is 5.32 Å². The lowest BCUT2D eigenvalue weighted by molar-refractivity contribution is -0.119. The van der Waals surface area contributed by atoms with Crippen molar-refractivity contribution < 1.29 is 4.79 Å². The van der Waals surface area contributed by atoms with E-state index in [1.165, 1.54) is 0 Å². The van der Waals surface area contributed by atoms with Crippen LogP contribution in [0.1, 0.15) is 11.6 Å². The van der Waals surface area contributed by atoms with E-state index >= 15 is 0 Å². The molecule has 2 aromatic carbocycles. The first-order chi connectivity index (χ1) is 8.83. The second-order valence-electron chi connectivity index (χ2n) is 4.29. The number of amides is 1. The fourth-order valence-corrected chi connectivity index (χ4v) is 2.44. The van der Waals surface area contributed by atoms with Crippen LogP contribution in [0.3, 0.4) is 0 Å². The van der Waals surface area contributed by atoms with Gasteiger partial charge in [0.2, 0.25) is 0 Å². The van der Waals surface area contributed by atoms with E-state index in [4.69, 9.17) is 0 Å². The first-order valence-electron chi connectivity index (χ1n) is 5.98. The number of likely N-dealkylation sites (N-methyl/N-ethyl adjacent to an activating group) is 1. The Hall–Kier alpha value is -2.13. The van der Waals surface area contributed by atoms with Crippen molar-refractivity contribution in [3.05, 3.63) is 60.2 Å². The SMILES string of the molecule is CNC1C(=O)N(c2ccccc2)c2ccccc21. The van der Waals surface area contributed by atoms with Gasteiger partial charge in [0.1, 0.15) is 6.04 Å². The van der Waals surface area contributed by atoms with Crippen LogP contribution in [0.25, 0.3) is 0 Å². The molecule has 0 saturated heterocycles. The van der Waals surface area contributed by atoms with Gasteiger partial charge in [0, 0.05) is 11.3 Å². The van der Waals surface area contributed by atoms with Crippen molar-refractivity contribution in [2.24, 2.45) is 0 Å². The van der Waals surface area contributed by atoms with Gasteiger partial charge in [-0.1, -0.05) is 36.4 Å². The average molecular weight is 238 g/mol. The summed E-state index contributed by atoms with van der Waals surface area (Å²) in [5.41, 5.74) is 2.91. The smallest absolute Gasteiger partial charge is 0.253 e. The summed E-state index contributed by atoms with van der Waals surface area (Å²) >= 11 is 0. The maximum absolute atomic E-state index is 12.5. The minimum atomic E-state index is -0.249. The minimum Gasteiger partial charge on any atom is -0.305 e. The zero-order valence-corrected chi connectivity index (χ0v) is 10.1. The number of nitrogens with one attached hydrogen (secondary N) is 1. The van der Waals surface area contributed by atoms with Crippen LogP contribution >= 0.6 is 0 Å². The molecule has 18 heavy (non-hydrogen) atoms. The Kier molecular flexibility index (Phi) is 2.61. The molecule has 0 saturated carbocycles. The van der Waals surface area contributed by atoms with E-state index in [0.29, 0.717) is 0 Å². The van der Waals surface area contributed by atoms with Crippen LogP contribution in [0.2, 0.25) is 0 Å². The summed E-state index contributed by atoms with van der Waals surface area (Å²) in [7, 11) is 1.81. The molecule has 3 nitrogen and oxygen atoms in total. The van der Waals surface area contributed by atoms with Crippen LogP contribution in [0.5, 0.6) is 0 Å². The fourth-order valence-electron chi connectivity index (χ4n) is 2.44. The standard InChI is InChI=1S/C15H14N2O/c1-16-14-12-9-5-6-10-13(12)17(15(14)18)11-7-3-2-4-8-11/h2-10,14,16H,1H3. The molecular weight excluding hydrogens is 224 g/mol. The highest BCUT2D eigenvalue weighted by molar-refractivity contribution is 6.09. The monoisotopic (exact) mass is 238 g/mol. The number of rotatable bonds is 2. The van der Waals surface area contributed by atoms with E-state index < -0.39 is 0 Å². The Morgan fingerprint density at radius 3 is 2.39 bits per heavy atom. The van der Waals surface area contributed by atoms with Gasteiger partial charge in [-0.2, -0.15) is 0 Å². The maximum atomic E-state index is 12.5. The molecule has 1 atom stereocenters. The number of hydrogen-bond donors (Lipinski definition) is 1. The molecule has 1 aliphatic rings. The molecule has 0 spiro atoms. The predicted molar refractivity (Wildman–Crippen MR) is 71.8 cm³/mol. The highest BCUT2D eigenvalue weighted by Crippen LogP contribution is 2.40. The Bertz CT molecular complexity index is 580. The summed E-state index contributed by atoms with van der Waals surface area (Å²) in [6, 6.07) is 17.4. The van der Waals surface area contributed by atoms with Crippen LogP contribution < -0.4 is 10.2 Å². The molecule has 1 unspecified atom stereocenters.